The number of rotatable bonds is 7. The highest BCUT2D eigenvalue weighted by molar-refractivity contribution is 7.10. The maximum absolute atomic E-state index is 11.5. The van der Waals surface area contributed by atoms with Crippen molar-refractivity contribution in [3.8, 4) is 0 Å². The summed E-state index contributed by atoms with van der Waals surface area (Å²) in [6.07, 6.45) is 0.976. The Morgan fingerprint density at radius 1 is 1.47 bits per heavy atom. The van der Waals surface area contributed by atoms with E-state index in [9.17, 15) is 4.79 Å². The van der Waals surface area contributed by atoms with Crippen LogP contribution in [0.1, 0.15) is 38.1 Å². The van der Waals surface area contributed by atoms with E-state index in [-0.39, 0.29) is 11.9 Å². The van der Waals surface area contributed by atoms with Gasteiger partial charge >= 0.3 is 0 Å². The van der Waals surface area contributed by atoms with Crippen LogP contribution in [-0.4, -0.2) is 19.0 Å². The Morgan fingerprint density at radius 2 is 2.24 bits per heavy atom. The molecule has 0 bridgehead atoms. The van der Waals surface area contributed by atoms with Crippen LogP contribution in [0.5, 0.6) is 0 Å². The molecule has 1 unspecified atom stereocenters. The minimum atomic E-state index is 0.0778. The second kappa shape index (κ2) is 7.45. The number of hydrogen-bond donors (Lipinski definition) is 2. The summed E-state index contributed by atoms with van der Waals surface area (Å²) in [5, 5.41) is 8.28. The van der Waals surface area contributed by atoms with Gasteiger partial charge in [-0.25, -0.2) is 0 Å². The summed E-state index contributed by atoms with van der Waals surface area (Å²) in [6.45, 7) is 7.53. The van der Waals surface area contributed by atoms with Gasteiger partial charge in [0.15, 0.2) is 0 Å². The van der Waals surface area contributed by atoms with Crippen LogP contribution in [0, 0.1) is 5.92 Å². The van der Waals surface area contributed by atoms with Gasteiger partial charge in [0, 0.05) is 17.5 Å². The first-order valence-corrected chi connectivity index (χ1v) is 7.06. The third kappa shape index (κ3) is 4.88. The van der Waals surface area contributed by atoms with Crippen molar-refractivity contribution in [1.29, 1.82) is 0 Å². The monoisotopic (exact) mass is 254 g/mol. The van der Waals surface area contributed by atoms with Gasteiger partial charge in [0.1, 0.15) is 0 Å². The van der Waals surface area contributed by atoms with E-state index in [2.05, 4.69) is 42.9 Å². The second-order valence-electron chi connectivity index (χ2n) is 4.47. The van der Waals surface area contributed by atoms with Gasteiger partial charge in [0.05, 0.1) is 6.54 Å². The Balaban J connectivity index is 2.43. The van der Waals surface area contributed by atoms with E-state index in [1.807, 2.05) is 6.07 Å². The average Bonchev–Trinajstić information content (AvgIpc) is 2.79. The highest BCUT2D eigenvalue weighted by atomic mass is 32.1. The summed E-state index contributed by atoms with van der Waals surface area (Å²) < 4.78 is 0. The molecule has 1 aromatic rings. The Hall–Kier alpha value is -0.870. The smallest absolute Gasteiger partial charge is 0.233 e. The number of carbonyl (C=O) groups excluding carboxylic acids is 1. The molecule has 1 rings (SSSR count). The second-order valence-corrected chi connectivity index (χ2v) is 5.45. The molecule has 0 saturated carbocycles. The largest absolute Gasteiger partial charge is 0.355 e. The van der Waals surface area contributed by atoms with Crippen molar-refractivity contribution < 1.29 is 4.79 Å². The zero-order valence-corrected chi connectivity index (χ0v) is 11.6. The molecule has 4 heteroatoms. The zero-order chi connectivity index (χ0) is 12.7. The number of carbonyl (C=O) groups is 1. The normalized spacial score (nSPS) is 12.7. The van der Waals surface area contributed by atoms with Gasteiger partial charge in [-0.1, -0.05) is 26.8 Å². The van der Waals surface area contributed by atoms with Crippen molar-refractivity contribution in [2.24, 2.45) is 5.92 Å². The third-order valence-electron chi connectivity index (χ3n) is 2.57. The fraction of sp³-hybridized carbons (Fsp3) is 0.615. The molecule has 1 atom stereocenters. The Kier molecular flexibility index (Phi) is 6.22. The molecule has 0 radical (unpaired) electrons. The van der Waals surface area contributed by atoms with Crippen molar-refractivity contribution in [3.63, 3.8) is 0 Å². The molecule has 0 aromatic carbocycles. The zero-order valence-electron chi connectivity index (χ0n) is 10.8. The van der Waals surface area contributed by atoms with Crippen molar-refractivity contribution >= 4 is 17.2 Å². The number of amides is 1. The minimum Gasteiger partial charge on any atom is -0.355 e. The lowest BCUT2D eigenvalue weighted by molar-refractivity contribution is -0.120. The SMILES string of the molecule is CCCNC(=O)CNC(c1cccs1)C(C)C. The van der Waals surface area contributed by atoms with Gasteiger partial charge in [0.2, 0.25) is 5.91 Å². The summed E-state index contributed by atoms with van der Waals surface area (Å²) in [5.74, 6) is 0.557. The summed E-state index contributed by atoms with van der Waals surface area (Å²) >= 11 is 1.73. The predicted octanol–water partition coefficient (Wildman–Crippen LogP) is 2.56. The van der Waals surface area contributed by atoms with Crippen LogP contribution in [0.2, 0.25) is 0 Å². The molecule has 1 heterocycles. The Bertz CT molecular complexity index is 322. The van der Waals surface area contributed by atoms with E-state index in [1.165, 1.54) is 4.88 Å². The fourth-order valence-corrected chi connectivity index (χ4v) is 2.64. The van der Waals surface area contributed by atoms with Crippen molar-refractivity contribution in [1.82, 2.24) is 10.6 Å². The van der Waals surface area contributed by atoms with Crippen LogP contribution in [0.15, 0.2) is 17.5 Å². The van der Waals surface area contributed by atoms with E-state index in [4.69, 9.17) is 0 Å². The van der Waals surface area contributed by atoms with E-state index < -0.39 is 0 Å². The lowest BCUT2D eigenvalue weighted by Crippen LogP contribution is -2.37. The Labute approximate surface area is 108 Å². The number of hydrogen-bond acceptors (Lipinski definition) is 3. The predicted molar refractivity (Wildman–Crippen MR) is 73.2 cm³/mol. The summed E-state index contributed by atoms with van der Waals surface area (Å²) in [4.78, 5) is 12.8. The maximum atomic E-state index is 11.5. The molecule has 3 nitrogen and oxygen atoms in total. The summed E-state index contributed by atoms with van der Waals surface area (Å²) in [5.41, 5.74) is 0. The first-order chi connectivity index (χ1) is 8.15. The quantitative estimate of drug-likeness (QED) is 0.785. The topological polar surface area (TPSA) is 41.1 Å². The summed E-state index contributed by atoms with van der Waals surface area (Å²) in [7, 11) is 0. The highest BCUT2D eigenvalue weighted by Crippen LogP contribution is 2.25. The number of nitrogens with one attached hydrogen (secondary N) is 2. The molecule has 1 amide bonds. The molecule has 0 aliphatic carbocycles. The van der Waals surface area contributed by atoms with Crippen LogP contribution in [0.25, 0.3) is 0 Å². The van der Waals surface area contributed by atoms with Crippen LogP contribution in [-0.2, 0) is 4.79 Å². The van der Waals surface area contributed by atoms with E-state index in [1.54, 1.807) is 11.3 Å². The molecule has 0 fully saturated rings. The van der Waals surface area contributed by atoms with Crippen molar-refractivity contribution in [3.05, 3.63) is 22.4 Å². The van der Waals surface area contributed by atoms with Gasteiger partial charge in [-0.2, -0.15) is 0 Å². The molecule has 2 N–H and O–H groups in total. The fourth-order valence-electron chi connectivity index (χ4n) is 1.66. The van der Waals surface area contributed by atoms with Crippen LogP contribution < -0.4 is 10.6 Å². The van der Waals surface area contributed by atoms with E-state index in [0.29, 0.717) is 12.5 Å². The lowest BCUT2D eigenvalue weighted by atomic mass is 10.0. The molecular weight excluding hydrogens is 232 g/mol. The molecule has 0 aliphatic rings. The van der Waals surface area contributed by atoms with Crippen LogP contribution in [0.4, 0.5) is 0 Å². The van der Waals surface area contributed by atoms with E-state index >= 15 is 0 Å². The van der Waals surface area contributed by atoms with E-state index in [0.717, 1.165) is 13.0 Å². The van der Waals surface area contributed by atoms with Gasteiger partial charge in [-0.05, 0) is 23.8 Å². The molecule has 0 spiro atoms. The maximum Gasteiger partial charge on any atom is 0.233 e. The van der Waals surface area contributed by atoms with Gasteiger partial charge in [-0.3, -0.25) is 4.79 Å². The van der Waals surface area contributed by atoms with Crippen molar-refractivity contribution in [2.75, 3.05) is 13.1 Å². The first kappa shape index (κ1) is 14.2. The highest BCUT2D eigenvalue weighted by Gasteiger charge is 2.16. The van der Waals surface area contributed by atoms with Gasteiger partial charge in [0.25, 0.3) is 0 Å². The standard InChI is InChI=1S/C13H22N2OS/c1-4-7-14-12(16)9-15-13(10(2)3)11-6-5-8-17-11/h5-6,8,10,13,15H,4,7,9H2,1-3H3,(H,14,16). The van der Waals surface area contributed by atoms with Gasteiger partial charge in [-0.15, -0.1) is 11.3 Å². The molecule has 17 heavy (non-hydrogen) atoms. The first-order valence-electron chi connectivity index (χ1n) is 6.18. The molecule has 1 aromatic heterocycles. The Morgan fingerprint density at radius 3 is 2.76 bits per heavy atom. The summed E-state index contributed by atoms with van der Waals surface area (Å²) in [6, 6.07) is 4.43. The van der Waals surface area contributed by atoms with Gasteiger partial charge < -0.3 is 10.6 Å². The van der Waals surface area contributed by atoms with Crippen LogP contribution >= 0.6 is 11.3 Å². The molecule has 96 valence electrons. The van der Waals surface area contributed by atoms with Crippen LogP contribution in [0.3, 0.4) is 0 Å². The van der Waals surface area contributed by atoms with Crippen molar-refractivity contribution in [2.45, 2.75) is 33.2 Å². The molecule has 0 aliphatic heterocycles. The lowest BCUT2D eigenvalue weighted by Gasteiger charge is -2.21. The molecule has 0 saturated heterocycles. The average molecular weight is 254 g/mol. The number of thiophene rings is 1. The minimum absolute atomic E-state index is 0.0778. The third-order valence-corrected chi connectivity index (χ3v) is 3.53. The molecular formula is C13H22N2OS.